The fourth-order valence-electron chi connectivity index (χ4n) is 2.33. The molecule has 2 rings (SSSR count). The van der Waals surface area contributed by atoms with E-state index in [0.29, 0.717) is 5.92 Å². The molecular weight excluding hydrogens is 348 g/mol. The van der Waals surface area contributed by atoms with Crippen molar-refractivity contribution in [1.29, 1.82) is 0 Å². The van der Waals surface area contributed by atoms with Crippen molar-refractivity contribution >= 4 is 27.3 Å². The Labute approximate surface area is 138 Å². The summed E-state index contributed by atoms with van der Waals surface area (Å²) in [5, 5.41) is 5.61. The van der Waals surface area contributed by atoms with Crippen LogP contribution in [0.5, 0.6) is 0 Å². The van der Waals surface area contributed by atoms with Gasteiger partial charge in [0.2, 0.25) is 0 Å². The van der Waals surface area contributed by atoms with E-state index in [1.54, 1.807) is 18.4 Å². The zero-order valence-electron chi connectivity index (χ0n) is 12.2. The van der Waals surface area contributed by atoms with Crippen LogP contribution in [0.15, 0.2) is 39.6 Å². The van der Waals surface area contributed by atoms with Crippen LogP contribution >= 0.6 is 27.3 Å². The SMILES string of the molecule is COCCNCC(Cc1cccc(Br)c1)Cc1cscn1. The third kappa shape index (κ3) is 6.26. The standard InChI is InChI=1S/C16H21BrN2OS/c1-20-6-5-18-10-14(9-16-11-21-12-19-16)7-13-3-2-4-15(17)8-13/h2-4,8,11-12,14,18H,5-7,9-10H2,1H3. The molecule has 0 spiro atoms. The molecule has 1 aromatic carbocycles. The smallest absolute Gasteiger partial charge is 0.0794 e. The molecule has 21 heavy (non-hydrogen) atoms. The van der Waals surface area contributed by atoms with Gasteiger partial charge in [-0.1, -0.05) is 28.1 Å². The summed E-state index contributed by atoms with van der Waals surface area (Å²) in [6.45, 7) is 2.62. The highest BCUT2D eigenvalue weighted by atomic mass is 79.9. The predicted molar refractivity (Wildman–Crippen MR) is 91.9 cm³/mol. The van der Waals surface area contributed by atoms with Crippen molar-refractivity contribution in [2.45, 2.75) is 12.8 Å². The fourth-order valence-corrected chi connectivity index (χ4v) is 3.35. The number of nitrogens with zero attached hydrogens (tertiary/aromatic N) is 1. The van der Waals surface area contributed by atoms with Crippen molar-refractivity contribution < 1.29 is 4.74 Å². The zero-order valence-corrected chi connectivity index (χ0v) is 14.6. The summed E-state index contributed by atoms with van der Waals surface area (Å²) in [4.78, 5) is 4.42. The summed E-state index contributed by atoms with van der Waals surface area (Å²) in [6, 6.07) is 8.55. The first kappa shape index (κ1) is 16.6. The van der Waals surface area contributed by atoms with Gasteiger partial charge in [0.1, 0.15) is 0 Å². The van der Waals surface area contributed by atoms with E-state index in [1.165, 1.54) is 11.3 Å². The van der Waals surface area contributed by atoms with Crippen molar-refractivity contribution in [1.82, 2.24) is 10.3 Å². The molecule has 0 saturated heterocycles. The van der Waals surface area contributed by atoms with Crippen LogP contribution in [0, 0.1) is 5.92 Å². The van der Waals surface area contributed by atoms with E-state index in [1.807, 2.05) is 5.51 Å². The van der Waals surface area contributed by atoms with Gasteiger partial charge >= 0.3 is 0 Å². The first-order valence-electron chi connectivity index (χ1n) is 7.09. The van der Waals surface area contributed by atoms with Crippen molar-refractivity contribution in [3.63, 3.8) is 0 Å². The molecule has 0 aliphatic carbocycles. The Morgan fingerprint density at radius 1 is 1.38 bits per heavy atom. The van der Waals surface area contributed by atoms with Gasteiger partial charge in [0.25, 0.3) is 0 Å². The summed E-state index contributed by atoms with van der Waals surface area (Å²) in [6.07, 6.45) is 2.06. The maximum Gasteiger partial charge on any atom is 0.0794 e. The van der Waals surface area contributed by atoms with Gasteiger partial charge in [-0.25, -0.2) is 4.98 Å². The lowest BCUT2D eigenvalue weighted by atomic mass is 9.95. The number of ether oxygens (including phenoxy) is 1. The average molecular weight is 369 g/mol. The summed E-state index contributed by atoms with van der Waals surface area (Å²) in [5.41, 5.74) is 4.45. The average Bonchev–Trinajstić information content (AvgIpc) is 2.96. The summed E-state index contributed by atoms with van der Waals surface area (Å²) in [7, 11) is 1.73. The van der Waals surface area contributed by atoms with Crippen LogP contribution in [-0.2, 0) is 17.6 Å². The number of thiazole rings is 1. The van der Waals surface area contributed by atoms with E-state index < -0.39 is 0 Å². The van der Waals surface area contributed by atoms with Crippen molar-refractivity contribution in [2.24, 2.45) is 5.92 Å². The maximum absolute atomic E-state index is 5.08. The molecule has 2 aromatic rings. The largest absolute Gasteiger partial charge is 0.383 e. The molecule has 0 fully saturated rings. The van der Waals surface area contributed by atoms with Crippen LogP contribution in [0.3, 0.4) is 0 Å². The number of nitrogens with one attached hydrogen (secondary N) is 1. The van der Waals surface area contributed by atoms with E-state index in [2.05, 4.69) is 55.9 Å². The van der Waals surface area contributed by atoms with Crippen molar-refractivity contribution in [3.8, 4) is 0 Å². The van der Waals surface area contributed by atoms with Gasteiger partial charge in [0.15, 0.2) is 0 Å². The molecule has 114 valence electrons. The van der Waals surface area contributed by atoms with Crippen LogP contribution < -0.4 is 5.32 Å². The Balaban J connectivity index is 1.93. The van der Waals surface area contributed by atoms with Crippen LogP contribution in [0.1, 0.15) is 11.3 Å². The Morgan fingerprint density at radius 3 is 3.00 bits per heavy atom. The fraction of sp³-hybridized carbons (Fsp3) is 0.438. The summed E-state index contributed by atoms with van der Waals surface area (Å²) >= 11 is 5.21. The molecule has 3 nitrogen and oxygen atoms in total. The highest BCUT2D eigenvalue weighted by Gasteiger charge is 2.12. The molecule has 0 aliphatic rings. The topological polar surface area (TPSA) is 34.1 Å². The quantitative estimate of drug-likeness (QED) is 0.687. The molecule has 0 radical (unpaired) electrons. The number of benzene rings is 1. The maximum atomic E-state index is 5.08. The molecule has 1 aromatic heterocycles. The molecule has 0 bridgehead atoms. The molecule has 1 atom stereocenters. The van der Waals surface area contributed by atoms with Crippen molar-refractivity contribution in [3.05, 3.63) is 50.9 Å². The van der Waals surface area contributed by atoms with Gasteiger partial charge < -0.3 is 10.1 Å². The molecule has 1 N–H and O–H groups in total. The molecule has 1 heterocycles. The van der Waals surface area contributed by atoms with Crippen LogP contribution in [0.4, 0.5) is 0 Å². The lowest BCUT2D eigenvalue weighted by Gasteiger charge is -2.17. The lowest BCUT2D eigenvalue weighted by Crippen LogP contribution is -2.28. The van der Waals surface area contributed by atoms with E-state index >= 15 is 0 Å². The zero-order chi connectivity index (χ0) is 14.9. The number of rotatable bonds is 9. The third-order valence-electron chi connectivity index (χ3n) is 3.31. The van der Waals surface area contributed by atoms with Crippen LogP contribution in [0.2, 0.25) is 0 Å². The minimum absolute atomic E-state index is 0.540. The monoisotopic (exact) mass is 368 g/mol. The van der Waals surface area contributed by atoms with E-state index in [4.69, 9.17) is 4.74 Å². The Morgan fingerprint density at radius 2 is 2.29 bits per heavy atom. The first-order chi connectivity index (χ1) is 10.3. The lowest BCUT2D eigenvalue weighted by molar-refractivity contribution is 0.197. The van der Waals surface area contributed by atoms with Crippen LogP contribution in [-0.4, -0.2) is 31.8 Å². The van der Waals surface area contributed by atoms with E-state index in [-0.39, 0.29) is 0 Å². The number of hydrogen-bond donors (Lipinski definition) is 1. The second-order valence-electron chi connectivity index (χ2n) is 5.08. The van der Waals surface area contributed by atoms with Gasteiger partial charge in [-0.15, -0.1) is 11.3 Å². The molecule has 0 amide bonds. The van der Waals surface area contributed by atoms with Gasteiger partial charge in [-0.05, 0) is 43.0 Å². The van der Waals surface area contributed by atoms with Gasteiger partial charge in [-0.3, -0.25) is 0 Å². The second-order valence-corrected chi connectivity index (χ2v) is 6.72. The number of halogens is 1. The van der Waals surface area contributed by atoms with E-state index in [9.17, 15) is 0 Å². The highest BCUT2D eigenvalue weighted by Crippen LogP contribution is 2.18. The molecule has 0 aliphatic heterocycles. The number of aromatic nitrogens is 1. The summed E-state index contributed by atoms with van der Waals surface area (Å²) < 4.78 is 6.22. The number of hydrogen-bond acceptors (Lipinski definition) is 4. The summed E-state index contributed by atoms with van der Waals surface area (Å²) in [5.74, 6) is 0.540. The first-order valence-corrected chi connectivity index (χ1v) is 8.82. The molecular formula is C16H21BrN2OS. The second kappa shape index (κ2) is 9.30. The number of methoxy groups -OCH3 is 1. The van der Waals surface area contributed by atoms with Crippen LogP contribution in [0.25, 0.3) is 0 Å². The minimum Gasteiger partial charge on any atom is -0.383 e. The molecule has 1 unspecified atom stereocenters. The Hall–Kier alpha value is -0.750. The molecule has 0 saturated carbocycles. The Kier molecular flexibility index (Phi) is 7.36. The Bertz CT molecular complexity index is 519. The third-order valence-corrected chi connectivity index (χ3v) is 4.44. The highest BCUT2D eigenvalue weighted by molar-refractivity contribution is 9.10. The molecule has 5 heteroatoms. The minimum atomic E-state index is 0.540. The normalized spacial score (nSPS) is 12.5. The van der Waals surface area contributed by atoms with Gasteiger partial charge in [0, 0.05) is 23.5 Å². The predicted octanol–water partition coefficient (Wildman–Crippen LogP) is 3.54. The van der Waals surface area contributed by atoms with Gasteiger partial charge in [-0.2, -0.15) is 0 Å². The van der Waals surface area contributed by atoms with Gasteiger partial charge in [0.05, 0.1) is 17.8 Å². The van der Waals surface area contributed by atoms with Crippen molar-refractivity contribution in [2.75, 3.05) is 26.8 Å². The van der Waals surface area contributed by atoms with E-state index in [0.717, 1.165) is 37.0 Å².